The van der Waals surface area contributed by atoms with E-state index < -0.39 is 0 Å². The summed E-state index contributed by atoms with van der Waals surface area (Å²) in [7, 11) is 0. The van der Waals surface area contributed by atoms with Crippen LogP contribution >= 0.6 is 23.1 Å². The molecule has 31 heavy (non-hydrogen) atoms. The van der Waals surface area contributed by atoms with Crippen LogP contribution in [0.2, 0.25) is 0 Å². The molecule has 0 radical (unpaired) electrons. The molecule has 0 aliphatic heterocycles. The van der Waals surface area contributed by atoms with E-state index in [1.54, 1.807) is 4.57 Å². The van der Waals surface area contributed by atoms with E-state index in [2.05, 4.69) is 5.32 Å². The lowest BCUT2D eigenvalue weighted by molar-refractivity contribution is -0.119. The first-order chi connectivity index (χ1) is 15.0. The molecule has 2 aromatic carbocycles. The van der Waals surface area contributed by atoms with Crippen LogP contribution in [0.1, 0.15) is 29.0 Å². The number of aryl methyl sites for hydroxylation is 2. The molecule has 2 heterocycles. The lowest BCUT2D eigenvalue weighted by atomic mass is 10.1. The van der Waals surface area contributed by atoms with Gasteiger partial charge in [0.15, 0.2) is 5.16 Å². The number of fused-ring (bicyclic) bond motifs is 1. The van der Waals surface area contributed by atoms with E-state index in [0.717, 1.165) is 21.7 Å². The third kappa shape index (κ3) is 4.43. The van der Waals surface area contributed by atoms with Gasteiger partial charge < -0.3 is 5.32 Å². The molecule has 4 aromatic rings. The maximum absolute atomic E-state index is 13.4. The largest absolute Gasteiger partial charge is 0.349 e. The molecule has 5 nitrogen and oxygen atoms in total. The van der Waals surface area contributed by atoms with Gasteiger partial charge in [-0.1, -0.05) is 60.3 Å². The van der Waals surface area contributed by atoms with Crippen molar-refractivity contribution in [2.24, 2.45) is 0 Å². The summed E-state index contributed by atoms with van der Waals surface area (Å²) < 4.78 is 1.61. The van der Waals surface area contributed by atoms with Gasteiger partial charge in [0.25, 0.3) is 5.56 Å². The lowest BCUT2D eigenvalue weighted by Crippen LogP contribution is -2.29. The number of aromatic nitrogens is 2. The number of thioether (sulfide) groups is 1. The fourth-order valence-electron chi connectivity index (χ4n) is 3.42. The van der Waals surface area contributed by atoms with Gasteiger partial charge in [-0.2, -0.15) is 0 Å². The highest BCUT2D eigenvalue weighted by atomic mass is 32.2. The maximum Gasteiger partial charge on any atom is 0.267 e. The Hall–Kier alpha value is -2.90. The third-order valence-electron chi connectivity index (χ3n) is 5.20. The van der Waals surface area contributed by atoms with Crippen LogP contribution in [0.3, 0.4) is 0 Å². The number of hydrogen-bond donors (Lipinski definition) is 1. The number of amides is 1. The molecule has 0 saturated carbocycles. The monoisotopic (exact) mass is 449 g/mol. The first-order valence-electron chi connectivity index (χ1n) is 10.0. The number of benzene rings is 2. The zero-order chi connectivity index (χ0) is 22.0. The SMILES string of the molecule is Cc1sc2nc(SCC(=O)N[C@H](C)c3ccccc3)n(-c3ccccc3)c(=O)c2c1C. The summed E-state index contributed by atoms with van der Waals surface area (Å²) in [6.45, 7) is 5.91. The van der Waals surface area contributed by atoms with Gasteiger partial charge in [0.2, 0.25) is 5.91 Å². The van der Waals surface area contributed by atoms with Gasteiger partial charge in [-0.05, 0) is 44.0 Å². The second kappa shape index (κ2) is 9.08. The highest BCUT2D eigenvalue weighted by Gasteiger charge is 2.19. The quantitative estimate of drug-likeness (QED) is 0.331. The Morgan fingerprint density at radius 1 is 1.10 bits per heavy atom. The number of nitrogens with one attached hydrogen (secondary N) is 1. The summed E-state index contributed by atoms with van der Waals surface area (Å²) in [5, 5.41) is 4.19. The Labute approximate surface area is 189 Å². The first-order valence-corrected chi connectivity index (χ1v) is 11.8. The van der Waals surface area contributed by atoms with Crippen molar-refractivity contribution in [3.63, 3.8) is 0 Å². The summed E-state index contributed by atoms with van der Waals surface area (Å²) in [6, 6.07) is 19.2. The topological polar surface area (TPSA) is 64.0 Å². The smallest absolute Gasteiger partial charge is 0.267 e. The van der Waals surface area contributed by atoms with Crippen molar-refractivity contribution in [2.45, 2.75) is 32.0 Å². The number of carbonyl (C=O) groups excluding carboxylic acids is 1. The molecule has 0 saturated heterocycles. The predicted octanol–water partition coefficient (Wildman–Crippen LogP) is 5.03. The highest BCUT2D eigenvalue weighted by Crippen LogP contribution is 2.29. The van der Waals surface area contributed by atoms with Gasteiger partial charge in [-0.3, -0.25) is 14.2 Å². The molecule has 0 unspecified atom stereocenters. The Kier molecular flexibility index (Phi) is 6.25. The molecule has 4 rings (SSSR count). The molecule has 1 N–H and O–H groups in total. The summed E-state index contributed by atoms with van der Waals surface area (Å²) >= 11 is 2.79. The summed E-state index contributed by atoms with van der Waals surface area (Å²) in [5.41, 5.74) is 2.66. The van der Waals surface area contributed by atoms with Crippen molar-refractivity contribution in [1.29, 1.82) is 0 Å². The van der Waals surface area contributed by atoms with Gasteiger partial charge in [-0.15, -0.1) is 11.3 Å². The Morgan fingerprint density at radius 2 is 1.74 bits per heavy atom. The molecule has 0 aliphatic carbocycles. The van der Waals surface area contributed by atoms with Crippen molar-refractivity contribution < 1.29 is 4.79 Å². The minimum absolute atomic E-state index is 0.0938. The predicted molar refractivity (Wildman–Crippen MR) is 128 cm³/mol. The van der Waals surface area contributed by atoms with E-state index in [1.807, 2.05) is 81.4 Å². The molecule has 0 fully saturated rings. The van der Waals surface area contributed by atoms with Gasteiger partial charge in [0.1, 0.15) is 4.83 Å². The molecule has 0 aliphatic rings. The maximum atomic E-state index is 13.4. The average molecular weight is 450 g/mol. The van der Waals surface area contributed by atoms with Crippen molar-refractivity contribution in [3.05, 3.63) is 87.0 Å². The summed E-state index contributed by atoms with van der Waals surface area (Å²) in [5.74, 6) is 0.0690. The van der Waals surface area contributed by atoms with Crippen LogP contribution in [-0.2, 0) is 4.79 Å². The van der Waals surface area contributed by atoms with Crippen LogP contribution in [0.4, 0.5) is 0 Å². The number of carbonyl (C=O) groups is 1. The minimum atomic E-state index is -0.103. The normalized spacial score (nSPS) is 12.1. The molecular weight excluding hydrogens is 426 g/mol. The zero-order valence-corrected chi connectivity index (χ0v) is 19.2. The van der Waals surface area contributed by atoms with Crippen LogP contribution in [0, 0.1) is 13.8 Å². The molecule has 1 amide bonds. The van der Waals surface area contributed by atoms with Gasteiger partial charge in [0, 0.05) is 4.88 Å². The van der Waals surface area contributed by atoms with Crippen molar-refractivity contribution >= 4 is 39.2 Å². The van der Waals surface area contributed by atoms with E-state index in [0.29, 0.717) is 15.4 Å². The van der Waals surface area contributed by atoms with Gasteiger partial charge in [-0.25, -0.2) is 4.98 Å². The van der Waals surface area contributed by atoms with Crippen molar-refractivity contribution in [1.82, 2.24) is 14.9 Å². The van der Waals surface area contributed by atoms with Crippen molar-refractivity contribution in [2.75, 3.05) is 5.75 Å². The highest BCUT2D eigenvalue weighted by molar-refractivity contribution is 7.99. The number of rotatable bonds is 6. The molecule has 0 bridgehead atoms. The third-order valence-corrected chi connectivity index (χ3v) is 7.24. The fourth-order valence-corrected chi connectivity index (χ4v) is 5.31. The molecule has 0 spiro atoms. The Bertz CT molecular complexity index is 1280. The fraction of sp³-hybridized carbons (Fsp3) is 0.208. The number of nitrogens with zero attached hydrogens (tertiary/aromatic N) is 2. The number of thiophene rings is 1. The Balaban J connectivity index is 1.64. The minimum Gasteiger partial charge on any atom is -0.349 e. The van der Waals surface area contributed by atoms with Crippen molar-refractivity contribution in [3.8, 4) is 5.69 Å². The number of para-hydroxylation sites is 1. The second-order valence-electron chi connectivity index (χ2n) is 7.32. The molecular formula is C24H23N3O2S2. The van der Waals surface area contributed by atoms with Crippen LogP contribution in [0.25, 0.3) is 15.9 Å². The summed E-state index contributed by atoms with van der Waals surface area (Å²) in [6.07, 6.45) is 0. The second-order valence-corrected chi connectivity index (χ2v) is 9.47. The van der Waals surface area contributed by atoms with Gasteiger partial charge >= 0.3 is 0 Å². The zero-order valence-electron chi connectivity index (χ0n) is 17.6. The molecule has 7 heteroatoms. The van der Waals surface area contributed by atoms with Crippen LogP contribution in [0.15, 0.2) is 70.6 Å². The van der Waals surface area contributed by atoms with E-state index in [9.17, 15) is 9.59 Å². The van der Waals surface area contributed by atoms with Crippen LogP contribution in [-0.4, -0.2) is 21.2 Å². The molecule has 158 valence electrons. The van der Waals surface area contributed by atoms with Crippen LogP contribution < -0.4 is 10.9 Å². The molecule has 1 atom stereocenters. The standard InChI is InChI=1S/C24H23N3O2S2/c1-15-17(3)31-22-21(15)23(29)27(19-12-8-5-9-13-19)24(26-22)30-14-20(28)25-16(2)18-10-6-4-7-11-18/h4-13,16H,14H2,1-3H3,(H,25,28)/t16-/m1/s1. The average Bonchev–Trinajstić information content (AvgIpc) is 3.07. The van der Waals surface area contributed by atoms with E-state index >= 15 is 0 Å². The van der Waals surface area contributed by atoms with Gasteiger partial charge in [0.05, 0.1) is 22.9 Å². The lowest BCUT2D eigenvalue weighted by Gasteiger charge is -2.15. The summed E-state index contributed by atoms with van der Waals surface area (Å²) in [4.78, 5) is 32.6. The van der Waals surface area contributed by atoms with E-state index in [4.69, 9.17) is 4.98 Å². The number of hydrogen-bond acceptors (Lipinski definition) is 5. The van der Waals surface area contributed by atoms with Crippen LogP contribution in [0.5, 0.6) is 0 Å². The Morgan fingerprint density at radius 3 is 2.42 bits per heavy atom. The van der Waals surface area contributed by atoms with E-state index in [1.165, 1.54) is 23.1 Å². The van der Waals surface area contributed by atoms with E-state index in [-0.39, 0.29) is 23.3 Å². The first kappa shape index (κ1) is 21.3. The molecule has 2 aromatic heterocycles.